The van der Waals surface area contributed by atoms with Crippen LogP contribution in [0.2, 0.25) is 0 Å². The maximum atomic E-state index is 13.4. The molecule has 1 fully saturated rings. The van der Waals surface area contributed by atoms with Crippen LogP contribution in [0.3, 0.4) is 0 Å². The Balaban J connectivity index is 1.54. The lowest BCUT2D eigenvalue weighted by Crippen LogP contribution is -2.72. The normalized spacial score (nSPS) is 19.4. The van der Waals surface area contributed by atoms with Crippen molar-refractivity contribution in [1.29, 1.82) is 0 Å². The van der Waals surface area contributed by atoms with Crippen molar-refractivity contribution in [1.82, 2.24) is 20.2 Å². The molecule has 4 rings (SSSR count). The summed E-state index contributed by atoms with van der Waals surface area (Å²) >= 11 is 2.82. The van der Waals surface area contributed by atoms with E-state index < -0.39 is 57.5 Å². The molecule has 2 aromatic heterocycles. The number of carboxylic acid groups (broad SMARTS) is 1. The summed E-state index contributed by atoms with van der Waals surface area (Å²) in [6.07, 6.45) is -2.80. The van der Waals surface area contributed by atoms with E-state index in [1.807, 2.05) is 0 Å². The SMILES string of the molecule is NCCSCc1ncccc1SC1=C(C(=O)O)N2C(=O)[C@@H](NC(=O)/C(=N/O)c3nc(N)sc3C(F)(F)F)[C@H]2CC1. The second-order valence-corrected chi connectivity index (χ2v) is 11.7. The van der Waals surface area contributed by atoms with Gasteiger partial charge in [-0.25, -0.2) is 9.78 Å². The number of nitrogen functional groups attached to an aromatic ring is 1. The Morgan fingerprint density at radius 1 is 1.35 bits per heavy atom. The molecule has 40 heavy (non-hydrogen) atoms. The zero-order valence-corrected chi connectivity index (χ0v) is 22.8. The average Bonchev–Trinajstić information content (AvgIpc) is 3.30. The maximum Gasteiger partial charge on any atom is 0.427 e. The van der Waals surface area contributed by atoms with Crippen molar-refractivity contribution < 1.29 is 37.9 Å². The van der Waals surface area contributed by atoms with E-state index in [0.717, 1.165) is 21.2 Å². The number of halogens is 3. The number of rotatable bonds is 10. The van der Waals surface area contributed by atoms with E-state index in [1.165, 1.54) is 11.8 Å². The highest BCUT2D eigenvalue weighted by molar-refractivity contribution is 8.03. The molecule has 0 radical (unpaired) electrons. The number of oxime groups is 1. The third-order valence-electron chi connectivity index (χ3n) is 5.90. The molecule has 0 saturated carbocycles. The number of pyridine rings is 1. The second-order valence-electron chi connectivity index (χ2n) is 8.41. The molecule has 4 heterocycles. The van der Waals surface area contributed by atoms with Crippen LogP contribution in [0.15, 0.2) is 39.0 Å². The third-order valence-corrected chi connectivity index (χ3v) is 9.07. The van der Waals surface area contributed by atoms with Crippen molar-refractivity contribution in [3.63, 3.8) is 0 Å². The van der Waals surface area contributed by atoms with Gasteiger partial charge in [-0.05, 0) is 25.0 Å². The Bertz CT molecular complexity index is 1400. The molecular formula is C22H22F3N7O5S3. The van der Waals surface area contributed by atoms with Crippen molar-refractivity contribution in [2.24, 2.45) is 10.9 Å². The number of carboxylic acids is 1. The zero-order chi connectivity index (χ0) is 29.2. The van der Waals surface area contributed by atoms with Gasteiger partial charge < -0.3 is 27.1 Å². The van der Waals surface area contributed by atoms with Gasteiger partial charge in [-0.3, -0.25) is 19.5 Å². The summed E-state index contributed by atoms with van der Waals surface area (Å²) in [6, 6.07) is 1.48. The van der Waals surface area contributed by atoms with E-state index in [0.29, 0.717) is 17.2 Å². The lowest BCUT2D eigenvalue weighted by Gasteiger charge is -2.50. The van der Waals surface area contributed by atoms with Crippen molar-refractivity contribution >= 4 is 63.5 Å². The van der Waals surface area contributed by atoms with Gasteiger partial charge in [-0.1, -0.05) is 28.3 Å². The molecular weight excluding hydrogens is 595 g/mol. The molecule has 0 aliphatic carbocycles. The zero-order valence-electron chi connectivity index (χ0n) is 20.3. The minimum atomic E-state index is -4.93. The van der Waals surface area contributed by atoms with Crippen molar-refractivity contribution in [3.8, 4) is 0 Å². The molecule has 2 atom stereocenters. The first-order chi connectivity index (χ1) is 19.0. The summed E-state index contributed by atoms with van der Waals surface area (Å²) in [5.41, 5.74) is 9.35. The molecule has 18 heteroatoms. The van der Waals surface area contributed by atoms with Crippen LogP contribution < -0.4 is 16.8 Å². The molecule has 0 aromatic carbocycles. The Kier molecular flexibility index (Phi) is 8.91. The molecule has 2 aliphatic rings. The highest BCUT2D eigenvalue weighted by Gasteiger charge is 2.54. The predicted octanol–water partition coefficient (Wildman–Crippen LogP) is 2.09. The summed E-state index contributed by atoms with van der Waals surface area (Å²) in [5, 5.41) is 23.7. The van der Waals surface area contributed by atoms with Gasteiger partial charge >= 0.3 is 12.1 Å². The number of hydrogen-bond acceptors (Lipinski definition) is 12. The van der Waals surface area contributed by atoms with E-state index in [4.69, 9.17) is 11.5 Å². The van der Waals surface area contributed by atoms with Gasteiger partial charge in [0.05, 0.1) is 11.7 Å². The summed E-state index contributed by atoms with van der Waals surface area (Å²) in [6.45, 7) is 0.497. The van der Waals surface area contributed by atoms with E-state index in [-0.39, 0.29) is 29.9 Å². The number of thiazole rings is 1. The quantitative estimate of drug-likeness (QED) is 0.0860. The molecule has 0 unspecified atom stereocenters. The Labute approximate surface area is 237 Å². The second kappa shape index (κ2) is 12.0. The van der Waals surface area contributed by atoms with Crippen LogP contribution in [-0.2, 0) is 26.3 Å². The first kappa shape index (κ1) is 29.6. The van der Waals surface area contributed by atoms with Gasteiger partial charge in [0.15, 0.2) is 10.8 Å². The lowest BCUT2D eigenvalue weighted by atomic mass is 9.86. The largest absolute Gasteiger partial charge is 0.477 e. The first-order valence-electron chi connectivity index (χ1n) is 11.5. The number of aromatic nitrogens is 2. The van der Waals surface area contributed by atoms with Crippen LogP contribution in [0.25, 0.3) is 0 Å². The highest BCUT2D eigenvalue weighted by atomic mass is 32.2. The number of fused-ring (bicyclic) bond motifs is 1. The number of nitrogens with one attached hydrogen (secondary N) is 1. The molecule has 12 nitrogen and oxygen atoms in total. The molecule has 2 aromatic rings. The minimum absolute atomic E-state index is 0.0599. The Hall–Kier alpha value is -3.35. The van der Waals surface area contributed by atoms with Gasteiger partial charge in [0.2, 0.25) is 0 Å². The number of anilines is 1. The molecule has 1 saturated heterocycles. The molecule has 0 bridgehead atoms. The molecule has 0 spiro atoms. The fourth-order valence-corrected chi connectivity index (χ4v) is 6.92. The fourth-order valence-electron chi connectivity index (χ4n) is 4.24. The molecule has 7 N–H and O–H groups in total. The Morgan fingerprint density at radius 2 is 2.10 bits per heavy atom. The van der Waals surface area contributed by atoms with E-state index >= 15 is 0 Å². The Morgan fingerprint density at radius 3 is 2.75 bits per heavy atom. The fraction of sp³-hybridized carbons (Fsp3) is 0.364. The van der Waals surface area contributed by atoms with E-state index in [9.17, 15) is 37.9 Å². The number of aliphatic carboxylic acids is 1. The van der Waals surface area contributed by atoms with Crippen LogP contribution in [0.5, 0.6) is 0 Å². The molecule has 214 valence electrons. The van der Waals surface area contributed by atoms with Crippen LogP contribution in [0.1, 0.15) is 29.1 Å². The average molecular weight is 618 g/mol. The van der Waals surface area contributed by atoms with E-state index in [2.05, 4.69) is 20.4 Å². The lowest BCUT2D eigenvalue weighted by molar-refractivity contribution is -0.155. The number of amides is 2. The van der Waals surface area contributed by atoms with Gasteiger partial charge in [-0.2, -0.15) is 24.9 Å². The van der Waals surface area contributed by atoms with Gasteiger partial charge in [0.1, 0.15) is 22.3 Å². The molecule has 2 amide bonds. The number of carbonyl (C=O) groups excluding carboxylic acids is 2. The monoisotopic (exact) mass is 617 g/mol. The van der Waals surface area contributed by atoms with Gasteiger partial charge in [0.25, 0.3) is 11.8 Å². The highest BCUT2D eigenvalue weighted by Crippen LogP contribution is 2.44. The number of alkyl halides is 3. The minimum Gasteiger partial charge on any atom is -0.477 e. The van der Waals surface area contributed by atoms with Gasteiger partial charge in [0, 0.05) is 34.0 Å². The maximum absolute atomic E-state index is 13.4. The number of nitrogens with zero attached hydrogens (tertiary/aromatic N) is 4. The number of nitrogens with two attached hydrogens (primary N) is 2. The predicted molar refractivity (Wildman–Crippen MR) is 142 cm³/mol. The third kappa shape index (κ3) is 5.89. The number of carbonyl (C=O) groups is 3. The number of β-lactam (4-membered cyclic amide) rings is 1. The number of allylic oxidation sites excluding steroid dienone is 1. The summed E-state index contributed by atoms with van der Waals surface area (Å²) < 4.78 is 40.1. The van der Waals surface area contributed by atoms with Crippen LogP contribution >= 0.6 is 34.9 Å². The summed E-state index contributed by atoms with van der Waals surface area (Å²) in [5.74, 6) is -2.14. The van der Waals surface area contributed by atoms with Crippen LogP contribution in [0, 0.1) is 0 Å². The smallest absolute Gasteiger partial charge is 0.427 e. The van der Waals surface area contributed by atoms with Crippen molar-refractivity contribution in [2.45, 2.75) is 41.7 Å². The van der Waals surface area contributed by atoms with Crippen molar-refractivity contribution in [2.75, 3.05) is 18.0 Å². The summed E-state index contributed by atoms with van der Waals surface area (Å²) in [4.78, 5) is 46.7. The first-order valence-corrected chi connectivity index (χ1v) is 14.3. The molecule has 2 aliphatic heterocycles. The number of hydrogen-bond donors (Lipinski definition) is 5. The van der Waals surface area contributed by atoms with Crippen molar-refractivity contribution in [3.05, 3.63) is 45.2 Å². The number of thioether (sulfide) groups is 2. The summed E-state index contributed by atoms with van der Waals surface area (Å²) in [7, 11) is 0. The standard InChI is InChI=1S/C22H22F3N7O5S3/c23-22(24,25)17-14(30-21(27)40-17)15(31-37)18(33)29-13-10-3-4-12(16(20(35)36)32(10)19(13)34)39-11-2-1-6-28-9(11)8-38-7-5-26/h1-2,6,10,13,37H,3-5,7-8,26H2,(H2,27,30)(H,29,33)(H,35,36)/b31-15+/t10-,13+/m1/s1. The van der Waals surface area contributed by atoms with Crippen LogP contribution in [0.4, 0.5) is 18.3 Å². The van der Waals surface area contributed by atoms with Crippen LogP contribution in [-0.4, -0.2) is 73.1 Å². The van der Waals surface area contributed by atoms with E-state index in [1.54, 1.807) is 30.1 Å². The van der Waals surface area contributed by atoms with Gasteiger partial charge in [-0.15, -0.1) is 0 Å². The topological polar surface area (TPSA) is 197 Å².